The molecule has 0 bridgehead atoms. The molecular formula is C9H14O5. The highest BCUT2D eigenvalue weighted by molar-refractivity contribution is 5.81. The summed E-state index contributed by atoms with van der Waals surface area (Å²) in [7, 11) is 0. The highest BCUT2D eigenvalue weighted by Crippen LogP contribution is 2.07. The van der Waals surface area contributed by atoms with Crippen LogP contribution in [-0.2, 0) is 14.3 Å². The largest absolute Gasteiger partial charge is 0.506 e. The maximum atomic E-state index is 10.7. The predicted molar refractivity (Wildman–Crippen MR) is 48.9 cm³/mol. The van der Waals surface area contributed by atoms with Gasteiger partial charge in [0.15, 0.2) is 0 Å². The maximum Gasteiger partial charge on any atom is 0.506 e. The van der Waals surface area contributed by atoms with E-state index in [2.05, 4.69) is 16.1 Å². The van der Waals surface area contributed by atoms with Gasteiger partial charge >= 0.3 is 12.1 Å². The second kappa shape index (κ2) is 6.01. The van der Waals surface area contributed by atoms with Crippen LogP contribution >= 0.6 is 0 Å². The molecule has 5 heteroatoms. The van der Waals surface area contributed by atoms with E-state index in [-0.39, 0.29) is 12.5 Å². The SMILES string of the molecule is C=CC(=O)OCC(OC(=O)O)C(C)C. The molecule has 1 unspecified atom stereocenters. The van der Waals surface area contributed by atoms with Crippen molar-refractivity contribution in [2.24, 2.45) is 5.92 Å². The fourth-order valence-electron chi connectivity index (χ4n) is 0.715. The molecule has 5 nitrogen and oxygen atoms in total. The van der Waals surface area contributed by atoms with Crippen LogP contribution in [0.3, 0.4) is 0 Å². The molecule has 14 heavy (non-hydrogen) atoms. The van der Waals surface area contributed by atoms with Crippen molar-refractivity contribution >= 4 is 12.1 Å². The van der Waals surface area contributed by atoms with Gasteiger partial charge in [0.2, 0.25) is 0 Å². The third kappa shape index (κ3) is 5.18. The van der Waals surface area contributed by atoms with E-state index in [4.69, 9.17) is 5.11 Å². The molecule has 0 saturated heterocycles. The van der Waals surface area contributed by atoms with Gasteiger partial charge in [-0.05, 0) is 5.92 Å². The molecule has 0 aliphatic carbocycles. The van der Waals surface area contributed by atoms with Gasteiger partial charge in [0, 0.05) is 6.08 Å². The van der Waals surface area contributed by atoms with Crippen molar-refractivity contribution < 1.29 is 24.2 Å². The third-order valence-electron chi connectivity index (χ3n) is 1.55. The monoisotopic (exact) mass is 202 g/mol. The minimum absolute atomic E-state index is 0.0521. The van der Waals surface area contributed by atoms with Crippen molar-refractivity contribution in [1.82, 2.24) is 0 Å². The van der Waals surface area contributed by atoms with Crippen molar-refractivity contribution in [1.29, 1.82) is 0 Å². The second-order valence-electron chi connectivity index (χ2n) is 3.00. The van der Waals surface area contributed by atoms with Crippen LogP contribution in [0.1, 0.15) is 13.8 Å². The first-order chi connectivity index (χ1) is 6.47. The fourth-order valence-corrected chi connectivity index (χ4v) is 0.715. The van der Waals surface area contributed by atoms with Crippen molar-refractivity contribution in [3.63, 3.8) is 0 Å². The number of esters is 1. The maximum absolute atomic E-state index is 10.7. The lowest BCUT2D eigenvalue weighted by atomic mass is 10.1. The second-order valence-corrected chi connectivity index (χ2v) is 3.00. The Morgan fingerprint density at radius 1 is 1.50 bits per heavy atom. The van der Waals surface area contributed by atoms with E-state index in [0.717, 1.165) is 6.08 Å². The molecule has 0 aliphatic rings. The molecule has 0 spiro atoms. The lowest BCUT2D eigenvalue weighted by Crippen LogP contribution is -2.28. The van der Waals surface area contributed by atoms with Gasteiger partial charge in [-0.2, -0.15) is 0 Å². The highest BCUT2D eigenvalue weighted by Gasteiger charge is 2.19. The first-order valence-electron chi connectivity index (χ1n) is 4.16. The summed E-state index contributed by atoms with van der Waals surface area (Å²) in [6.45, 7) is 6.67. The first-order valence-corrected chi connectivity index (χ1v) is 4.16. The van der Waals surface area contributed by atoms with E-state index in [9.17, 15) is 9.59 Å². The van der Waals surface area contributed by atoms with E-state index in [1.807, 2.05) is 0 Å². The van der Waals surface area contributed by atoms with Gasteiger partial charge in [0.25, 0.3) is 0 Å². The summed E-state index contributed by atoms with van der Waals surface area (Å²) in [4.78, 5) is 20.9. The van der Waals surface area contributed by atoms with Crippen LogP contribution in [0.25, 0.3) is 0 Å². The molecule has 0 amide bonds. The molecule has 0 aromatic heterocycles. The molecule has 0 fully saturated rings. The van der Waals surface area contributed by atoms with Crippen LogP contribution in [-0.4, -0.2) is 29.9 Å². The molecule has 0 rings (SSSR count). The number of carbonyl (C=O) groups excluding carboxylic acids is 1. The molecular weight excluding hydrogens is 188 g/mol. The molecule has 80 valence electrons. The fraction of sp³-hybridized carbons (Fsp3) is 0.556. The topological polar surface area (TPSA) is 72.8 Å². The zero-order valence-electron chi connectivity index (χ0n) is 8.23. The van der Waals surface area contributed by atoms with Crippen LogP contribution in [0, 0.1) is 5.92 Å². The Kier molecular flexibility index (Phi) is 5.36. The van der Waals surface area contributed by atoms with Crippen LogP contribution in [0.4, 0.5) is 4.79 Å². The zero-order valence-corrected chi connectivity index (χ0v) is 8.23. The van der Waals surface area contributed by atoms with Crippen molar-refractivity contribution in [2.75, 3.05) is 6.61 Å². The zero-order chi connectivity index (χ0) is 11.1. The summed E-state index contributed by atoms with van der Waals surface area (Å²) in [6.07, 6.45) is -1.01. The van der Waals surface area contributed by atoms with Gasteiger partial charge < -0.3 is 14.6 Å². The predicted octanol–water partition coefficient (Wildman–Crippen LogP) is 1.43. The van der Waals surface area contributed by atoms with Crippen molar-refractivity contribution in [3.05, 3.63) is 12.7 Å². The Morgan fingerprint density at radius 3 is 2.43 bits per heavy atom. The van der Waals surface area contributed by atoms with E-state index < -0.39 is 18.2 Å². The standard InChI is InChI=1S/C9H14O5/c1-4-8(10)13-5-7(6(2)3)14-9(11)12/h4,6-7H,1,5H2,2-3H3,(H,11,12). The summed E-state index contributed by atoms with van der Waals surface area (Å²) < 4.78 is 9.18. The van der Waals surface area contributed by atoms with Crippen LogP contribution < -0.4 is 0 Å². The summed E-state index contributed by atoms with van der Waals surface area (Å²) in [5.74, 6) is -0.645. The summed E-state index contributed by atoms with van der Waals surface area (Å²) in [5.41, 5.74) is 0. The van der Waals surface area contributed by atoms with Gasteiger partial charge in [0.1, 0.15) is 12.7 Å². The van der Waals surface area contributed by atoms with Crippen LogP contribution in [0.5, 0.6) is 0 Å². The number of ether oxygens (including phenoxy) is 2. The quantitative estimate of drug-likeness (QED) is 0.539. The van der Waals surface area contributed by atoms with Crippen LogP contribution in [0.15, 0.2) is 12.7 Å². The Bertz CT molecular complexity index is 221. The number of hydrogen-bond donors (Lipinski definition) is 1. The first kappa shape index (κ1) is 12.5. The smallest absolute Gasteiger partial charge is 0.459 e. The minimum Gasteiger partial charge on any atom is -0.459 e. The summed E-state index contributed by atoms with van der Waals surface area (Å²) in [5, 5.41) is 8.37. The molecule has 0 aromatic carbocycles. The Balaban J connectivity index is 4.03. The summed E-state index contributed by atoms with van der Waals surface area (Å²) >= 11 is 0. The Morgan fingerprint density at radius 2 is 2.07 bits per heavy atom. The van der Waals surface area contributed by atoms with Crippen molar-refractivity contribution in [2.45, 2.75) is 20.0 Å². The highest BCUT2D eigenvalue weighted by atomic mass is 16.7. The van der Waals surface area contributed by atoms with Crippen LogP contribution in [0.2, 0.25) is 0 Å². The van der Waals surface area contributed by atoms with E-state index in [1.165, 1.54) is 0 Å². The lowest BCUT2D eigenvalue weighted by molar-refractivity contribution is -0.142. The third-order valence-corrected chi connectivity index (χ3v) is 1.55. The Labute approximate surface area is 82.3 Å². The molecule has 0 heterocycles. The number of carbonyl (C=O) groups is 2. The van der Waals surface area contributed by atoms with Gasteiger partial charge in [-0.1, -0.05) is 20.4 Å². The van der Waals surface area contributed by atoms with E-state index in [1.54, 1.807) is 13.8 Å². The number of hydrogen-bond acceptors (Lipinski definition) is 4. The Hall–Kier alpha value is -1.52. The molecule has 1 atom stereocenters. The normalized spacial score (nSPS) is 11.9. The average Bonchev–Trinajstić information content (AvgIpc) is 2.10. The molecule has 1 N–H and O–H groups in total. The summed E-state index contributed by atoms with van der Waals surface area (Å²) in [6, 6.07) is 0. The van der Waals surface area contributed by atoms with E-state index >= 15 is 0 Å². The van der Waals surface area contributed by atoms with Gasteiger partial charge in [-0.3, -0.25) is 0 Å². The molecule has 0 saturated carbocycles. The van der Waals surface area contributed by atoms with Gasteiger partial charge in [-0.25, -0.2) is 9.59 Å². The van der Waals surface area contributed by atoms with Gasteiger partial charge in [0.05, 0.1) is 0 Å². The molecule has 0 aliphatic heterocycles. The lowest BCUT2D eigenvalue weighted by Gasteiger charge is -2.18. The average molecular weight is 202 g/mol. The van der Waals surface area contributed by atoms with E-state index in [0.29, 0.717) is 0 Å². The van der Waals surface area contributed by atoms with Gasteiger partial charge in [-0.15, -0.1) is 0 Å². The molecule has 0 radical (unpaired) electrons. The molecule has 0 aromatic rings. The minimum atomic E-state index is -1.38. The van der Waals surface area contributed by atoms with Crippen molar-refractivity contribution in [3.8, 4) is 0 Å². The number of rotatable bonds is 5. The number of carboxylic acid groups (broad SMARTS) is 1.